The van der Waals surface area contributed by atoms with E-state index in [9.17, 15) is 0 Å². The predicted molar refractivity (Wildman–Crippen MR) is 118 cm³/mol. The van der Waals surface area contributed by atoms with E-state index >= 15 is 0 Å². The monoisotopic (exact) mass is 426 g/mol. The Bertz CT molecular complexity index is 1010. The van der Waals surface area contributed by atoms with Crippen LogP contribution in [0.25, 0.3) is 11.0 Å². The average molecular weight is 427 g/mol. The fraction of sp³-hybridized carbons (Fsp3) is 0.286. The van der Waals surface area contributed by atoms with Crippen molar-refractivity contribution in [3.8, 4) is 0 Å². The van der Waals surface area contributed by atoms with Gasteiger partial charge in [-0.05, 0) is 24.3 Å². The molecule has 0 aliphatic heterocycles. The Morgan fingerprint density at radius 3 is 2.66 bits per heavy atom. The maximum atomic E-state index is 6.35. The molecule has 3 heterocycles. The first-order valence-electron chi connectivity index (χ1n) is 9.67. The van der Waals surface area contributed by atoms with E-state index in [0.717, 1.165) is 63.5 Å². The second kappa shape index (κ2) is 9.93. The molecule has 1 aromatic carbocycles. The lowest BCUT2D eigenvalue weighted by atomic mass is 10.3. The number of H-pyrrole nitrogens is 1. The van der Waals surface area contributed by atoms with Gasteiger partial charge < -0.3 is 15.6 Å². The molecule has 29 heavy (non-hydrogen) atoms. The Kier molecular flexibility index (Phi) is 6.84. The van der Waals surface area contributed by atoms with Crippen molar-refractivity contribution < 1.29 is 0 Å². The van der Waals surface area contributed by atoms with Gasteiger partial charge in [0, 0.05) is 45.2 Å². The smallest absolute Gasteiger partial charge is 0.117 e. The lowest BCUT2D eigenvalue weighted by Crippen LogP contribution is -2.20. The molecule has 0 atom stereocenters. The van der Waals surface area contributed by atoms with Gasteiger partial charge in [-0.1, -0.05) is 29.8 Å². The normalized spacial score (nSPS) is 11.3. The van der Waals surface area contributed by atoms with Crippen LogP contribution in [0.1, 0.15) is 22.2 Å². The van der Waals surface area contributed by atoms with Crippen LogP contribution in [0.15, 0.2) is 48.7 Å². The number of para-hydroxylation sites is 2. The Balaban J connectivity index is 1.17. The van der Waals surface area contributed by atoms with Gasteiger partial charge in [0.1, 0.15) is 10.2 Å². The van der Waals surface area contributed by atoms with Crippen molar-refractivity contribution in [2.24, 2.45) is 0 Å². The van der Waals surface area contributed by atoms with E-state index in [0.29, 0.717) is 13.1 Å². The van der Waals surface area contributed by atoms with Crippen LogP contribution < -0.4 is 10.6 Å². The van der Waals surface area contributed by atoms with Crippen molar-refractivity contribution in [1.29, 1.82) is 0 Å². The molecule has 4 rings (SSSR count). The molecule has 0 saturated carbocycles. The number of imidazole rings is 1. The number of rotatable bonds is 10. The Morgan fingerprint density at radius 2 is 1.79 bits per heavy atom. The van der Waals surface area contributed by atoms with Gasteiger partial charge in [0.15, 0.2) is 0 Å². The second-order valence-corrected chi connectivity index (χ2v) is 8.39. The highest BCUT2D eigenvalue weighted by Crippen LogP contribution is 2.24. The van der Waals surface area contributed by atoms with Crippen molar-refractivity contribution in [3.05, 3.63) is 75.2 Å². The minimum atomic E-state index is 0.644. The number of hydrogen-bond acceptors (Lipinski definition) is 6. The molecule has 0 radical (unpaired) electrons. The lowest BCUT2D eigenvalue weighted by Gasteiger charge is -2.02. The molecular weight excluding hydrogens is 404 g/mol. The molecule has 0 bridgehead atoms. The van der Waals surface area contributed by atoms with E-state index in [1.54, 1.807) is 17.5 Å². The molecule has 0 aliphatic rings. The van der Waals surface area contributed by atoms with E-state index < -0.39 is 0 Å². The van der Waals surface area contributed by atoms with Gasteiger partial charge >= 0.3 is 0 Å². The number of benzene rings is 1. The van der Waals surface area contributed by atoms with Gasteiger partial charge in [-0.2, -0.15) is 0 Å². The first kappa shape index (κ1) is 20.0. The maximum absolute atomic E-state index is 6.35. The minimum Gasteiger partial charge on any atom is -0.342 e. The van der Waals surface area contributed by atoms with E-state index in [1.165, 1.54) is 0 Å². The summed E-state index contributed by atoms with van der Waals surface area (Å²) >= 11 is 7.91. The van der Waals surface area contributed by atoms with E-state index in [-0.39, 0.29) is 0 Å². The first-order chi connectivity index (χ1) is 14.3. The summed E-state index contributed by atoms with van der Waals surface area (Å²) < 4.78 is 0.760. The van der Waals surface area contributed by atoms with Crippen LogP contribution in [-0.2, 0) is 25.9 Å². The lowest BCUT2D eigenvalue weighted by molar-refractivity contribution is 0.657. The van der Waals surface area contributed by atoms with Crippen molar-refractivity contribution in [2.75, 3.05) is 13.1 Å². The maximum Gasteiger partial charge on any atom is 0.117 e. The van der Waals surface area contributed by atoms with Crippen LogP contribution in [0.5, 0.6) is 0 Å². The number of pyridine rings is 1. The van der Waals surface area contributed by atoms with Crippen LogP contribution in [0.4, 0.5) is 0 Å². The Labute approximate surface area is 178 Å². The SMILES string of the molecule is Clc1sc(CCNCCc2nc3ccccc3[nH]2)nc1CNCc1ccccn1. The van der Waals surface area contributed by atoms with Gasteiger partial charge in [-0.15, -0.1) is 11.3 Å². The average Bonchev–Trinajstić information content (AvgIpc) is 3.31. The third kappa shape index (κ3) is 5.61. The van der Waals surface area contributed by atoms with Crippen LogP contribution in [0.2, 0.25) is 4.34 Å². The number of halogens is 1. The quantitative estimate of drug-likeness (QED) is 0.337. The third-order valence-electron chi connectivity index (χ3n) is 4.51. The van der Waals surface area contributed by atoms with E-state index in [2.05, 4.69) is 30.6 Å². The zero-order valence-corrected chi connectivity index (χ0v) is 17.6. The molecule has 150 valence electrons. The summed E-state index contributed by atoms with van der Waals surface area (Å²) in [6.07, 6.45) is 3.53. The standard InChI is InChI=1S/C21H23ClN6S/c22-21-18(14-24-13-15-5-3-4-10-25-15)28-20(29-21)9-12-23-11-8-19-26-16-6-1-2-7-17(16)27-19/h1-7,10,23-24H,8-9,11-14H2,(H,26,27). The molecule has 6 nitrogen and oxygen atoms in total. The highest BCUT2D eigenvalue weighted by molar-refractivity contribution is 7.16. The minimum absolute atomic E-state index is 0.644. The number of nitrogens with zero attached hydrogens (tertiary/aromatic N) is 3. The fourth-order valence-corrected chi connectivity index (χ4v) is 4.24. The highest BCUT2D eigenvalue weighted by Gasteiger charge is 2.09. The molecule has 0 amide bonds. The second-order valence-electron chi connectivity index (χ2n) is 6.70. The number of nitrogens with one attached hydrogen (secondary N) is 3. The highest BCUT2D eigenvalue weighted by atomic mass is 35.5. The molecule has 0 unspecified atom stereocenters. The molecule has 3 aromatic heterocycles. The van der Waals surface area contributed by atoms with Crippen molar-refractivity contribution in [1.82, 2.24) is 30.6 Å². The Morgan fingerprint density at radius 1 is 0.931 bits per heavy atom. The van der Waals surface area contributed by atoms with Crippen molar-refractivity contribution in [2.45, 2.75) is 25.9 Å². The third-order valence-corrected chi connectivity index (χ3v) is 5.91. The van der Waals surface area contributed by atoms with Crippen molar-refractivity contribution >= 4 is 34.0 Å². The van der Waals surface area contributed by atoms with Crippen molar-refractivity contribution in [3.63, 3.8) is 0 Å². The van der Waals surface area contributed by atoms with Crippen LogP contribution in [-0.4, -0.2) is 33.0 Å². The zero-order chi connectivity index (χ0) is 19.9. The Hall–Kier alpha value is -2.32. The number of aromatic amines is 1. The zero-order valence-electron chi connectivity index (χ0n) is 16.0. The van der Waals surface area contributed by atoms with Crippen LogP contribution in [0.3, 0.4) is 0 Å². The topological polar surface area (TPSA) is 78.5 Å². The number of fused-ring (bicyclic) bond motifs is 1. The predicted octanol–water partition coefficient (Wildman–Crippen LogP) is 3.73. The summed E-state index contributed by atoms with van der Waals surface area (Å²) in [6.45, 7) is 3.08. The molecule has 0 spiro atoms. The summed E-state index contributed by atoms with van der Waals surface area (Å²) in [5, 5.41) is 7.86. The fourth-order valence-electron chi connectivity index (χ4n) is 3.06. The van der Waals surface area contributed by atoms with Crippen LogP contribution in [0, 0.1) is 0 Å². The van der Waals surface area contributed by atoms with E-state index in [1.807, 2.05) is 42.5 Å². The molecule has 0 fully saturated rings. The first-order valence-corrected chi connectivity index (χ1v) is 10.9. The van der Waals surface area contributed by atoms with E-state index in [4.69, 9.17) is 11.6 Å². The van der Waals surface area contributed by atoms with Gasteiger partial charge in [-0.25, -0.2) is 9.97 Å². The molecule has 3 N–H and O–H groups in total. The molecule has 8 heteroatoms. The van der Waals surface area contributed by atoms with Gasteiger partial charge in [-0.3, -0.25) is 4.98 Å². The largest absolute Gasteiger partial charge is 0.342 e. The molecule has 4 aromatic rings. The van der Waals surface area contributed by atoms with Gasteiger partial charge in [0.25, 0.3) is 0 Å². The molecule has 0 saturated heterocycles. The molecule has 0 aliphatic carbocycles. The summed E-state index contributed by atoms with van der Waals surface area (Å²) in [5.74, 6) is 1.01. The number of hydrogen-bond donors (Lipinski definition) is 3. The summed E-state index contributed by atoms with van der Waals surface area (Å²) in [5.41, 5.74) is 4.02. The summed E-state index contributed by atoms with van der Waals surface area (Å²) in [7, 11) is 0. The molecular formula is C21H23ClN6S. The van der Waals surface area contributed by atoms with Crippen LogP contribution >= 0.6 is 22.9 Å². The van der Waals surface area contributed by atoms with Gasteiger partial charge in [0.2, 0.25) is 0 Å². The summed E-state index contributed by atoms with van der Waals surface area (Å²) in [4.78, 5) is 16.9. The van der Waals surface area contributed by atoms with Gasteiger partial charge in [0.05, 0.1) is 27.4 Å². The summed E-state index contributed by atoms with van der Waals surface area (Å²) in [6, 6.07) is 14.0. The number of thiazole rings is 1. The number of aromatic nitrogens is 4.